The van der Waals surface area contributed by atoms with Crippen molar-refractivity contribution in [2.45, 2.75) is 13.0 Å². The molecule has 0 saturated carbocycles. The summed E-state index contributed by atoms with van der Waals surface area (Å²) in [6.07, 6.45) is 0.515. The molecule has 1 N–H and O–H groups in total. The fourth-order valence-electron chi connectivity index (χ4n) is 1.75. The van der Waals surface area contributed by atoms with Gasteiger partial charge in [-0.05, 0) is 11.1 Å². The summed E-state index contributed by atoms with van der Waals surface area (Å²) in [5.74, 6) is -0.287. The van der Waals surface area contributed by atoms with Gasteiger partial charge in [-0.1, -0.05) is 67.2 Å². The lowest BCUT2D eigenvalue weighted by Gasteiger charge is -2.08. The lowest BCUT2D eigenvalue weighted by atomic mass is 10.1. The maximum Gasteiger partial charge on any atom is 0.270 e. The van der Waals surface area contributed by atoms with E-state index in [2.05, 4.69) is 12.1 Å². The molecule has 0 saturated heterocycles. The van der Waals surface area contributed by atoms with E-state index in [1.807, 2.05) is 60.7 Å². The van der Waals surface area contributed by atoms with Crippen molar-refractivity contribution in [1.29, 1.82) is 0 Å². The average molecular weight is 267 g/mol. The Morgan fingerprint density at radius 2 is 1.50 bits per heavy atom. The van der Waals surface area contributed by atoms with Gasteiger partial charge in [-0.2, -0.15) is 0 Å². The first-order chi connectivity index (χ1) is 9.75. The van der Waals surface area contributed by atoms with Crippen molar-refractivity contribution in [2.75, 3.05) is 0 Å². The Bertz CT molecular complexity index is 564. The van der Waals surface area contributed by atoms with E-state index in [1.165, 1.54) is 0 Å². The van der Waals surface area contributed by atoms with Crippen molar-refractivity contribution in [1.82, 2.24) is 5.48 Å². The quantitative estimate of drug-likeness (QED) is 0.645. The predicted molar refractivity (Wildman–Crippen MR) is 78.7 cm³/mol. The molecule has 102 valence electrons. The predicted octanol–water partition coefficient (Wildman–Crippen LogP) is 3.03. The first kappa shape index (κ1) is 14.0. The first-order valence-electron chi connectivity index (χ1n) is 6.43. The summed E-state index contributed by atoms with van der Waals surface area (Å²) in [6.45, 7) is 4.12. The van der Waals surface area contributed by atoms with Gasteiger partial charge in [-0.3, -0.25) is 9.63 Å². The highest BCUT2D eigenvalue weighted by Crippen LogP contribution is 2.06. The summed E-state index contributed by atoms with van der Waals surface area (Å²) in [5.41, 5.74) is 4.94. The van der Waals surface area contributed by atoms with Crippen LogP contribution in [-0.2, 0) is 22.7 Å². The van der Waals surface area contributed by atoms with Crippen molar-refractivity contribution in [3.05, 3.63) is 83.9 Å². The Labute approximate surface area is 118 Å². The Hall–Kier alpha value is -2.39. The zero-order valence-corrected chi connectivity index (χ0v) is 11.2. The van der Waals surface area contributed by atoms with Crippen LogP contribution < -0.4 is 5.48 Å². The van der Waals surface area contributed by atoms with Gasteiger partial charge in [0.25, 0.3) is 5.91 Å². The monoisotopic (exact) mass is 267 g/mol. The molecular formula is C17H17NO2. The molecular weight excluding hydrogens is 250 g/mol. The van der Waals surface area contributed by atoms with Crippen LogP contribution in [0.2, 0.25) is 0 Å². The van der Waals surface area contributed by atoms with E-state index in [-0.39, 0.29) is 5.91 Å². The van der Waals surface area contributed by atoms with Crippen molar-refractivity contribution in [3.63, 3.8) is 0 Å². The fourth-order valence-corrected chi connectivity index (χ4v) is 1.75. The number of rotatable bonds is 6. The van der Waals surface area contributed by atoms with E-state index in [9.17, 15) is 4.79 Å². The highest BCUT2D eigenvalue weighted by Gasteiger charge is 2.07. The van der Waals surface area contributed by atoms with Crippen LogP contribution in [0, 0.1) is 0 Å². The van der Waals surface area contributed by atoms with Gasteiger partial charge in [0.05, 0.1) is 6.61 Å². The molecule has 0 aliphatic heterocycles. The molecule has 0 aliphatic rings. The Kier molecular flexibility index (Phi) is 5.09. The van der Waals surface area contributed by atoms with Gasteiger partial charge in [0, 0.05) is 12.0 Å². The molecule has 3 heteroatoms. The molecule has 0 radical (unpaired) electrons. The van der Waals surface area contributed by atoms with Crippen LogP contribution >= 0.6 is 0 Å². The molecule has 0 aromatic heterocycles. The summed E-state index contributed by atoms with van der Waals surface area (Å²) >= 11 is 0. The average Bonchev–Trinajstić information content (AvgIpc) is 2.49. The van der Waals surface area contributed by atoms with Gasteiger partial charge in [-0.15, -0.1) is 0 Å². The zero-order chi connectivity index (χ0) is 14.2. The van der Waals surface area contributed by atoms with E-state index >= 15 is 0 Å². The van der Waals surface area contributed by atoms with E-state index in [0.29, 0.717) is 18.6 Å². The van der Waals surface area contributed by atoms with Crippen LogP contribution in [0.4, 0.5) is 0 Å². The van der Waals surface area contributed by atoms with Crippen molar-refractivity contribution in [3.8, 4) is 0 Å². The minimum absolute atomic E-state index is 0.287. The van der Waals surface area contributed by atoms with E-state index in [0.717, 1.165) is 11.1 Å². The number of benzene rings is 2. The molecule has 20 heavy (non-hydrogen) atoms. The topological polar surface area (TPSA) is 38.3 Å². The van der Waals surface area contributed by atoms with Crippen LogP contribution in [-0.4, -0.2) is 5.91 Å². The molecule has 0 heterocycles. The maximum absolute atomic E-state index is 11.8. The second-order valence-corrected chi connectivity index (χ2v) is 4.47. The van der Waals surface area contributed by atoms with Crippen LogP contribution in [0.1, 0.15) is 11.1 Å². The normalized spacial score (nSPS) is 10.0. The third-order valence-electron chi connectivity index (χ3n) is 2.83. The van der Waals surface area contributed by atoms with Gasteiger partial charge in [0.15, 0.2) is 0 Å². The first-order valence-corrected chi connectivity index (χ1v) is 6.43. The molecule has 0 unspecified atom stereocenters. The standard InChI is InChI=1S/C17H17NO2/c1-14(12-15-8-4-2-5-9-15)17(19)18-20-13-16-10-6-3-7-11-16/h2-11H,1,12-13H2,(H,18,19). The summed E-state index contributed by atoms with van der Waals surface area (Å²) in [6, 6.07) is 19.4. The van der Waals surface area contributed by atoms with Gasteiger partial charge in [0.1, 0.15) is 0 Å². The lowest BCUT2D eigenvalue weighted by Crippen LogP contribution is -2.25. The molecule has 0 aliphatic carbocycles. The number of amides is 1. The maximum atomic E-state index is 11.8. The van der Waals surface area contributed by atoms with Crippen LogP contribution in [0.25, 0.3) is 0 Å². The zero-order valence-electron chi connectivity index (χ0n) is 11.2. The minimum Gasteiger partial charge on any atom is -0.269 e. The molecule has 2 aromatic carbocycles. The molecule has 0 spiro atoms. The van der Waals surface area contributed by atoms with Crippen LogP contribution in [0.5, 0.6) is 0 Å². The van der Waals surface area contributed by atoms with E-state index in [1.54, 1.807) is 0 Å². The number of nitrogens with one attached hydrogen (secondary N) is 1. The minimum atomic E-state index is -0.287. The highest BCUT2D eigenvalue weighted by atomic mass is 16.6. The third kappa shape index (κ3) is 4.37. The van der Waals surface area contributed by atoms with Crippen LogP contribution in [0.15, 0.2) is 72.8 Å². The van der Waals surface area contributed by atoms with Crippen molar-refractivity contribution >= 4 is 5.91 Å². The number of carbonyl (C=O) groups is 1. The largest absolute Gasteiger partial charge is 0.270 e. The number of hydroxylamine groups is 1. The number of hydrogen-bond donors (Lipinski definition) is 1. The number of hydrogen-bond acceptors (Lipinski definition) is 2. The molecule has 1 amide bonds. The van der Waals surface area contributed by atoms with Gasteiger partial charge < -0.3 is 0 Å². The number of carbonyl (C=O) groups excluding carboxylic acids is 1. The molecule has 0 fully saturated rings. The van der Waals surface area contributed by atoms with Crippen molar-refractivity contribution in [2.24, 2.45) is 0 Å². The summed E-state index contributed by atoms with van der Waals surface area (Å²) in [4.78, 5) is 17.0. The summed E-state index contributed by atoms with van der Waals surface area (Å²) < 4.78 is 0. The Balaban J connectivity index is 1.76. The van der Waals surface area contributed by atoms with Gasteiger partial charge in [0.2, 0.25) is 0 Å². The van der Waals surface area contributed by atoms with Gasteiger partial charge in [-0.25, -0.2) is 5.48 Å². The summed E-state index contributed by atoms with van der Waals surface area (Å²) in [7, 11) is 0. The Morgan fingerprint density at radius 1 is 0.950 bits per heavy atom. The second-order valence-electron chi connectivity index (χ2n) is 4.47. The van der Waals surface area contributed by atoms with E-state index in [4.69, 9.17) is 4.84 Å². The van der Waals surface area contributed by atoms with Crippen molar-refractivity contribution < 1.29 is 9.63 Å². The Morgan fingerprint density at radius 3 is 2.10 bits per heavy atom. The molecule has 2 rings (SSSR count). The molecule has 0 bridgehead atoms. The van der Waals surface area contributed by atoms with Crippen LogP contribution in [0.3, 0.4) is 0 Å². The lowest BCUT2D eigenvalue weighted by molar-refractivity contribution is -0.130. The summed E-state index contributed by atoms with van der Waals surface area (Å²) in [5, 5.41) is 0. The smallest absolute Gasteiger partial charge is 0.269 e. The third-order valence-corrected chi connectivity index (χ3v) is 2.83. The highest BCUT2D eigenvalue weighted by molar-refractivity contribution is 5.92. The van der Waals surface area contributed by atoms with E-state index < -0.39 is 0 Å². The SMILES string of the molecule is C=C(Cc1ccccc1)C(=O)NOCc1ccccc1. The molecule has 3 nitrogen and oxygen atoms in total. The second kappa shape index (κ2) is 7.26. The molecule has 0 atom stereocenters. The fraction of sp³-hybridized carbons (Fsp3) is 0.118. The van der Waals surface area contributed by atoms with Gasteiger partial charge >= 0.3 is 0 Å². The molecule has 2 aromatic rings.